The summed E-state index contributed by atoms with van der Waals surface area (Å²) in [5, 5.41) is 0. The van der Waals surface area contributed by atoms with Crippen LogP contribution in [-0.4, -0.2) is 43.7 Å². The maximum Gasteiger partial charge on any atom is 0.411 e. The van der Waals surface area contributed by atoms with Crippen LogP contribution in [0.3, 0.4) is 0 Å². The zero-order valence-corrected chi connectivity index (χ0v) is 21.8. The number of ether oxygens (including phenoxy) is 1. The number of pyridine rings is 1. The van der Waals surface area contributed by atoms with Crippen LogP contribution >= 0.6 is 0 Å². The number of rotatable bonds is 9. The van der Waals surface area contributed by atoms with E-state index in [0.717, 1.165) is 34.2 Å². The lowest BCUT2D eigenvalue weighted by Gasteiger charge is -2.43. The molecule has 0 bridgehead atoms. The van der Waals surface area contributed by atoms with E-state index in [2.05, 4.69) is 40.0 Å². The van der Waals surface area contributed by atoms with Crippen molar-refractivity contribution in [2.75, 3.05) is 19.3 Å². The van der Waals surface area contributed by atoms with Gasteiger partial charge in [-0.2, -0.15) is 0 Å². The summed E-state index contributed by atoms with van der Waals surface area (Å²) in [6.07, 6.45) is 4.31. The van der Waals surface area contributed by atoms with Crippen molar-refractivity contribution in [3.05, 3.63) is 89.7 Å². The summed E-state index contributed by atoms with van der Waals surface area (Å²) in [4.78, 5) is 19.3. The van der Waals surface area contributed by atoms with Crippen LogP contribution in [0.1, 0.15) is 49.0 Å². The standard InChI is InChI=1S/C28H33N3O4S/c1-21-20-25(14-18-29-21)24-12-10-23(11-13-24)22(2)31-19-16-28(35-27(31)32,26-8-5-4-6-9-26)15-7-17-30-36(3,33)34/h4-6,8-14,18,20,22,30H,7,15-17,19H2,1-3H3/t22-,28+/m0/s1. The summed E-state index contributed by atoms with van der Waals surface area (Å²) >= 11 is 0. The normalized spacial score (nSPS) is 19.1. The van der Waals surface area contributed by atoms with Crippen LogP contribution in [0.25, 0.3) is 11.1 Å². The Kier molecular flexibility index (Phi) is 7.76. The smallest absolute Gasteiger partial charge is 0.411 e. The first-order chi connectivity index (χ1) is 17.2. The maximum absolute atomic E-state index is 13.3. The second-order valence-corrected chi connectivity index (χ2v) is 11.3. The third-order valence-corrected chi connectivity index (χ3v) is 7.51. The van der Waals surface area contributed by atoms with Crippen molar-refractivity contribution in [1.29, 1.82) is 0 Å². The predicted molar refractivity (Wildman–Crippen MR) is 141 cm³/mol. The highest BCUT2D eigenvalue weighted by Gasteiger charge is 2.43. The quantitative estimate of drug-likeness (QED) is 0.403. The monoisotopic (exact) mass is 507 g/mol. The van der Waals surface area contributed by atoms with Gasteiger partial charge < -0.3 is 9.64 Å². The predicted octanol–water partition coefficient (Wildman–Crippen LogP) is 5.19. The fourth-order valence-corrected chi connectivity index (χ4v) is 5.29. The van der Waals surface area contributed by atoms with Gasteiger partial charge in [0.2, 0.25) is 10.0 Å². The molecule has 2 heterocycles. The van der Waals surface area contributed by atoms with E-state index >= 15 is 0 Å². The first-order valence-electron chi connectivity index (χ1n) is 12.2. The molecule has 1 aromatic heterocycles. The zero-order chi connectivity index (χ0) is 25.8. The van der Waals surface area contributed by atoms with Gasteiger partial charge in [-0.25, -0.2) is 17.9 Å². The highest BCUT2D eigenvalue weighted by atomic mass is 32.2. The van der Waals surface area contributed by atoms with Crippen LogP contribution in [0.2, 0.25) is 0 Å². The molecule has 1 aliphatic heterocycles. The summed E-state index contributed by atoms with van der Waals surface area (Å²) in [6.45, 7) is 4.83. The molecule has 3 aromatic rings. The Morgan fingerprint density at radius 2 is 1.81 bits per heavy atom. The average molecular weight is 508 g/mol. The molecule has 1 fully saturated rings. The lowest BCUT2D eigenvalue weighted by Crippen LogP contribution is -2.49. The average Bonchev–Trinajstić information content (AvgIpc) is 2.86. The van der Waals surface area contributed by atoms with Crippen LogP contribution in [0, 0.1) is 6.92 Å². The molecule has 7 nitrogen and oxygen atoms in total. The summed E-state index contributed by atoms with van der Waals surface area (Å²) in [6, 6.07) is 21.9. The minimum atomic E-state index is -3.27. The minimum Gasteiger partial charge on any atom is -0.438 e. The van der Waals surface area contributed by atoms with Crippen molar-refractivity contribution in [3.63, 3.8) is 0 Å². The van der Waals surface area contributed by atoms with Crippen molar-refractivity contribution in [1.82, 2.24) is 14.6 Å². The number of aromatic nitrogens is 1. The number of hydrogen-bond donors (Lipinski definition) is 1. The lowest BCUT2D eigenvalue weighted by molar-refractivity contribution is -0.0662. The van der Waals surface area contributed by atoms with Crippen molar-refractivity contribution in [2.24, 2.45) is 0 Å². The van der Waals surface area contributed by atoms with Crippen LogP contribution in [0.5, 0.6) is 0 Å². The fourth-order valence-electron chi connectivity index (χ4n) is 4.78. The highest BCUT2D eigenvalue weighted by Crippen LogP contribution is 2.40. The molecule has 1 amide bonds. The molecular weight excluding hydrogens is 474 g/mol. The van der Waals surface area contributed by atoms with Gasteiger partial charge in [0, 0.05) is 31.4 Å². The molecule has 1 saturated heterocycles. The van der Waals surface area contributed by atoms with E-state index in [1.54, 1.807) is 11.1 Å². The van der Waals surface area contributed by atoms with Gasteiger partial charge in [-0.3, -0.25) is 4.98 Å². The zero-order valence-electron chi connectivity index (χ0n) is 21.0. The Balaban J connectivity index is 1.48. The topological polar surface area (TPSA) is 88.6 Å². The molecule has 2 atom stereocenters. The van der Waals surface area contributed by atoms with Gasteiger partial charge in [-0.05, 0) is 61.1 Å². The number of carbonyl (C=O) groups excluding carboxylic acids is 1. The first kappa shape index (κ1) is 25.9. The van der Waals surface area contributed by atoms with Gasteiger partial charge in [0.25, 0.3) is 0 Å². The molecular formula is C28H33N3O4S. The van der Waals surface area contributed by atoms with E-state index in [1.165, 1.54) is 0 Å². The van der Waals surface area contributed by atoms with Crippen molar-refractivity contribution < 1.29 is 17.9 Å². The molecule has 0 spiro atoms. The SMILES string of the molecule is Cc1cc(-c2ccc([C@H](C)N3CC[C@](CCCNS(C)(=O)=O)(c4ccccc4)OC3=O)cc2)ccn1. The number of hydrogen-bond acceptors (Lipinski definition) is 5. The minimum absolute atomic E-state index is 0.147. The van der Waals surface area contributed by atoms with Gasteiger partial charge in [0.1, 0.15) is 5.60 Å². The van der Waals surface area contributed by atoms with Gasteiger partial charge >= 0.3 is 6.09 Å². The second-order valence-electron chi connectivity index (χ2n) is 9.43. The Morgan fingerprint density at radius 3 is 2.44 bits per heavy atom. The number of benzene rings is 2. The summed E-state index contributed by atoms with van der Waals surface area (Å²) in [5.41, 5.74) is 4.36. The molecule has 190 valence electrons. The van der Waals surface area contributed by atoms with Crippen molar-refractivity contribution >= 4 is 16.1 Å². The third kappa shape index (κ3) is 6.12. The van der Waals surface area contributed by atoms with Gasteiger partial charge in [0.15, 0.2) is 0 Å². The Morgan fingerprint density at radius 1 is 1.08 bits per heavy atom. The first-order valence-corrected chi connectivity index (χ1v) is 14.1. The molecule has 1 N–H and O–H groups in total. The maximum atomic E-state index is 13.3. The van der Waals surface area contributed by atoms with Crippen LogP contribution in [0.4, 0.5) is 4.79 Å². The Hall–Kier alpha value is -3.23. The summed E-state index contributed by atoms with van der Waals surface area (Å²) in [5.74, 6) is 0. The number of nitrogens with zero attached hydrogens (tertiary/aromatic N) is 2. The van der Waals surface area contributed by atoms with E-state index < -0.39 is 15.6 Å². The highest BCUT2D eigenvalue weighted by molar-refractivity contribution is 7.88. The van der Waals surface area contributed by atoms with E-state index in [9.17, 15) is 13.2 Å². The van der Waals surface area contributed by atoms with Crippen LogP contribution in [-0.2, 0) is 20.4 Å². The largest absolute Gasteiger partial charge is 0.438 e. The molecule has 2 aromatic carbocycles. The molecule has 0 unspecified atom stereocenters. The third-order valence-electron chi connectivity index (χ3n) is 6.79. The van der Waals surface area contributed by atoms with E-state index in [1.807, 2.05) is 50.2 Å². The van der Waals surface area contributed by atoms with Crippen molar-refractivity contribution in [2.45, 2.75) is 44.8 Å². The number of cyclic esters (lactones) is 1. The van der Waals surface area contributed by atoms with E-state index in [4.69, 9.17) is 4.74 Å². The molecule has 8 heteroatoms. The fraction of sp³-hybridized carbons (Fsp3) is 0.357. The second kappa shape index (κ2) is 10.8. The molecule has 4 rings (SSSR count). The molecule has 1 aliphatic rings. The Bertz CT molecular complexity index is 1300. The number of carbonyl (C=O) groups is 1. The van der Waals surface area contributed by atoms with Gasteiger partial charge in [-0.1, -0.05) is 54.6 Å². The number of sulfonamides is 1. The Labute approximate surface area is 213 Å². The number of nitrogens with one attached hydrogen (secondary N) is 1. The number of amides is 1. The molecule has 0 radical (unpaired) electrons. The molecule has 0 saturated carbocycles. The summed E-state index contributed by atoms with van der Waals surface area (Å²) < 4.78 is 31.6. The van der Waals surface area contributed by atoms with E-state index in [0.29, 0.717) is 32.4 Å². The van der Waals surface area contributed by atoms with Gasteiger partial charge in [-0.15, -0.1) is 0 Å². The lowest BCUT2D eigenvalue weighted by atomic mass is 9.84. The van der Waals surface area contributed by atoms with Gasteiger partial charge in [0.05, 0.1) is 12.3 Å². The van der Waals surface area contributed by atoms with Crippen LogP contribution in [0.15, 0.2) is 72.9 Å². The van der Waals surface area contributed by atoms with E-state index in [-0.39, 0.29) is 12.1 Å². The molecule has 0 aliphatic carbocycles. The number of aryl methyl sites for hydroxylation is 1. The summed E-state index contributed by atoms with van der Waals surface area (Å²) in [7, 11) is -3.27. The molecule has 36 heavy (non-hydrogen) atoms. The van der Waals surface area contributed by atoms with Crippen molar-refractivity contribution in [3.8, 4) is 11.1 Å². The van der Waals surface area contributed by atoms with Crippen LogP contribution < -0.4 is 4.72 Å².